The van der Waals surface area contributed by atoms with Crippen LogP contribution in [0.15, 0.2) is 36.4 Å². The molecule has 0 saturated heterocycles. The number of aromatic hydroxyl groups is 1. The summed E-state index contributed by atoms with van der Waals surface area (Å²) in [6.45, 7) is 15.7. The van der Waals surface area contributed by atoms with Crippen molar-refractivity contribution in [2.24, 2.45) is 0 Å². The van der Waals surface area contributed by atoms with Gasteiger partial charge < -0.3 is 10.4 Å². The second-order valence-electron chi connectivity index (χ2n) is 8.76. The maximum absolute atomic E-state index is 10.8. The molecular weight excluding hydrogens is 294 g/mol. The first-order valence-electron chi connectivity index (χ1n) is 8.66. The summed E-state index contributed by atoms with van der Waals surface area (Å²) in [6.07, 6.45) is 0. The number of rotatable bonds is 3. The summed E-state index contributed by atoms with van der Waals surface area (Å²) in [4.78, 5) is 0. The molecule has 0 amide bonds. The predicted molar refractivity (Wildman–Crippen MR) is 104 cm³/mol. The minimum Gasteiger partial charge on any atom is -0.507 e. The summed E-state index contributed by atoms with van der Waals surface area (Å²) in [7, 11) is 0. The van der Waals surface area contributed by atoms with E-state index < -0.39 is 0 Å². The highest BCUT2D eigenvalue weighted by Crippen LogP contribution is 2.41. The van der Waals surface area contributed by atoms with Gasteiger partial charge in [-0.3, -0.25) is 0 Å². The van der Waals surface area contributed by atoms with Crippen molar-refractivity contribution in [1.82, 2.24) is 0 Å². The predicted octanol–water partition coefficient (Wildman–Crippen LogP) is 5.91. The minimum atomic E-state index is -0.106. The molecule has 0 heterocycles. The number of nitrogens with one attached hydrogen (secondary N) is 1. The molecule has 0 aliphatic heterocycles. The Bertz CT molecular complexity index is 665. The molecule has 0 aromatic heterocycles. The van der Waals surface area contributed by atoms with Gasteiger partial charge >= 0.3 is 0 Å². The number of hydrogen-bond acceptors (Lipinski definition) is 2. The van der Waals surface area contributed by atoms with Crippen molar-refractivity contribution >= 4 is 5.69 Å². The van der Waals surface area contributed by atoms with Crippen LogP contribution in [-0.4, -0.2) is 5.11 Å². The van der Waals surface area contributed by atoms with E-state index in [9.17, 15) is 5.11 Å². The van der Waals surface area contributed by atoms with E-state index >= 15 is 0 Å². The molecule has 0 atom stereocenters. The van der Waals surface area contributed by atoms with Crippen molar-refractivity contribution in [2.45, 2.75) is 65.8 Å². The Morgan fingerprint density at radius 3 is 1.71 bits per heavy atom. The molecule has 0 fully saturated rings. The normalized spacial score (nSPS) is 12.3. The Labute approximate surface area is 146 Å². The lowest BCUT2D eigenvalue weighted by atomic mass is 9.79. The zero-order valence-corrected chi connectivity index (χ0v) is 16.1. The zero-order chi connectivity index (χ0) is 18.1. The molecule has 0 spiro atoms. The van der Waals surface area contributed by atoms with Crippen LogP contribution in [0.5, 0.6) is 5.75 Å². The van der Waals surface area contributed by atoms with Crippen LogP contribution in [0, 0.1) is 6.92 Å². The molecule has 2 rings (SSSR count). The van der Waals surface area contributed by atoms with Gasteiger partial charge in [0.2, 0.25) is 0 Å². The van der Waals surface area contributed by atoms with Crippen molar-refractivity contribution in [3.63, 3.8) is 0 Å². The second-order valence-corrected chi connectivity index (χ2v) is 8.76. The molecule has 0 unspecified atom stereocenters. The second kappa shape index (κ2) is 6.51. The molecule has 0 aliphatic carbocycles. The Hall–Kier alpha value is -1.96. The third-order valence-electron chi connectivity index (χ3n) is 4.34. The van der Waals surface area contributed by atoms with Gasteiger partial charge in [-0.2, -0.15) is 0 Å². The van der Waals surface area contributed by atoms with Crippen LogP contribution in [0.2, 0.25) is 0 Å². The lowest BCUT2D eigenvalue weighted by Crippen LogP contribution is -2.18. The van der Waals surface area contributed by atoms with E-state index in [1.807, 2.05) is 0 Å². The fourth-order valence-electron chi connectivity index (χ4n) is 2.79. The summed E-state index contributed by atoms with van der Waals surface area (Å²) in [5.74, 6) is 0.427. The molecule has 2 aromatic rings. The van der Waals surface area contributed by atoms with Crippen molar-refractivity contribution < 1.29 is 5.11 Å². The molecule has 0 aliphatic rings. The molecular formula is C22H31NO. The van der Waals surface area contributed by atoms with Gasteiger partial charge in [0.1, 0.15) is 5.75 Å². The first-order chi connectivity index (χ1) is 11.0. The van der Waals surface area contributed by atoms with Gasteiger partial charge in [0, 0.05) is 23.4 Å². The van der Waals surface area contributed by atoms with Crippen LogP contribution in [0.25, 0.3) is 0 Å². The zero-order valence-electron chi connectivity index (χ0n) is 16.1. The first kappa shape index (κ1) is 18.4. The minimum absolute atomic E-state index is 0.106. The highest BCUT2D eigenvalue weighted by atomic mass is 16.3. The number of aryl methyl sites for hydroxylation is 1. The van der Waals surface area contributed by atoms with Crippen molar-refractivity contribution in [2.75, 3.05) is 5.32 Å². The fourth-order valence-corrected chi connectivity index (χ4v) is 2.79. The Balaban J connectivity index is 2.37. The largest absolute Gasteiger partial charge is 0.507 e. The molecule has 0 radical (unpaired) electrons. The number of hydrogen-bond donors (Lipinski definition) is 2. The van der Waals surface area contributed by atoms with E-state index in [0.29, 0.717) is 5.75 Å². The highest BCUT2D eigenvalue weighted by Gasteiger charge is 2.26. The summed E-state index contributed by atoms with van der Waals surface area (Å²) in [5.41, 5.74) is 5.35. The van der Waals surface area contributed by atoms with E-state index in [1.54, 1.807) is 0 Å². The number of benzene rings is 2. The quantitative estimate of drug-likeness (QED) is 0.688. The summed E-state index contributed by atoms with van der Waals surface area (Å²) < 4.78 is 0. The Morgan fingerprint density at radius 2 is 1.29 bits per heavy atom. The van der Waals surface area contributed by atoms with Crippen LogP contribution in [0.4, 0.5) is 5.69 Å². The highest BCUT2D eigenvalue weighted by molar-refractivity contribution is 5.59. The van der Waals surface area contributed by atoms with Crippen LogP contribution < -0.4 is 5.32 Å². The third kappa shape index (κ3) is 4.31. The van der Waals surface area contributed by atoms with Gasteiger partial charge in [-0.25, -0.2) is 0 Å². The summed E-state index contributed by atoms with van der Waals surface area (Å²) in [5, 5.41) is 14.3. The number of phenolic OH excluding ortho intramolecular Hbond substituents is 1. The van der Waals surface area contributed by atoms with Crippen molar-refractivity contribution in [3.05, 3.63) is 58.7 Å². The average molecular weight is 325 g/mol. The van der Waals surface area contributed by atoms with Gasteiger partial charge in [-0.05, 0) is 35.4 Å². The third-order valence-corrected chi connectivity index (χ3v) is 4.34. The van der Waals surface area contributed by atoms with E-state index in [0.717, 1.165) is 23.4 Å². The molecule has 2 nitrogen and oxygen atoms in total. The topological polar surface area (TPSA) is 32.3 Å². The SMILES string of the molecule is Cc1ccc(CNc2cc(C(C)(C)C)c(O)c(C(C)(C)C)c2)cc1. The summed E-state index contributed by atoms with van der Waals surface area (Å²) >= 11 is 0. The fraction of sp³-hybridized carbons (Fsp3) is 0.455. The van der Waals surface area contributed by atoms with Gasteiger partial charge in [0.05, 0.1) is 0 Å². The van der Waals surface area contributed by atoms with Gasteiger partial charge in [0.25, 0.3) is 0 Å². The van der Waals surface area contributed by atoms with E-state index in [2.05, 4.69) is 90.2 Å². The van der Waals surface area contributed by atoms with E-state index in [4.69, 9.17) is 0 Å². The standard InChI is InChI=1S/C22H31NO/c1-15-8-10-16(11-9-15)14-23-17-12-18(21(2,3)4)20(24)19(13-17)22(5,6)7/h8-13,23-24H,14H2,1-7H3. The Morgan fingerprint density at radius 1 is 0.833 bits per heavy atom. The molecule has 0 saturated carbocycles. The van der Waals surface area contributed by atoms with Gasteiger partial charge in [0.15, 0.2) is 0 Å². The van der Waals surface area contributed by atoms with Crippen LogP contribution in [0.1, 0.15) is 63.8 Å². The maximum Gasteiger partial charge on any atom is 0.123 e. The van der Waals surface area contributed by atoms with Crippen LogP contribution in [-0.2, 0) is 17.4 Å². The first-order valence-corrected chi connectivity index (χ1v) is 8.66. The van der Waals surface area contributed by atoms with E-state index in [1.165, 1.54) is 11.1 Å². The Kier molecular flexibility index (Phi) is 4.98. The molecule has 0 bridgehead atoms. The average Bonchev–Trinajstić information content (AvgIpc) is 2.45. The maximum atomic E-state index is 10.8. The lowest BCUT2D eigenvalue weighted by molar-refractivity contribution is 0.423. The van der Waals surface area contributed by atoms with Gasteiger partial charge in [-0.15, -0.1) is 0 Å². The summed E-state index contributed by atoms with van der Waals surface area (Å²) in [6, 6.07) is 12.7. The lowest BCUT2D eigenvalue weighted by Gasteiger charge is -2.28. The van der Waals surface area contributed by atoms with Crippen LogP contribution >= 0.6 is 0 Å². The molecule has 2 aromatic carbocycles. The van der Waals surface area contributed by atoms with Gasteiger partial charge in [-0.1, -0.05) is 71.4 Å². The number of phenols is 1. The molecule has 24 heavy (non-hydrogen) atoms. The molecule has 130 valence electrons. The molecule has 2 N–H and O–H groups in total. The monoisotopic (exact) mass is 325 g/mol. The smallest absolute Gasteiger partial charge is 0.123 e. The van der Waals surface area contributed by atoms with Crippen molar-refractivity contribution in [3.8, 4) is 5.75 Å². The van der Waals surface area contributed by atoms with Crippen LogP contribution in [0.3, 0.4) is 0 Å². The molecule has 2 heteroatoms. The van der Waals surface area contributed by atoms with E-state index in [-0.39, 0.29) is 10.8 Å². The van der Waals surface area contributed by atoms with Crippen molar-refractivity contribution in [1.29, 1.82) is 0 Å². The number of anilines is 1.